The second-order valence-corrected chi connectivity index (χ2v) is 2.74. The maximum Gasteiger partial charge on any atom is 0.298 e. The zero-order valence-corrected chi connectivity index (χ0v) is 7.30. The van der Waals surface area contributed by atoms with Crippen LogP contribution in [0.25, 0.3) is 0 Å². The predicted molar refractivity (Wildman–Crippen MR) is 41.9 cm³/mol. The van der Waals surface area contributed by atoms with Crippen molar-refractivity contribution < 1.29 is 12.6 Å². The van der Waals surface area contributed by atoms with Crippen molar-refractivity contribution in [3.8, 4) is 0 Å². The average Bonchev–Trinajstić information content (AvgIpc) is 1.84. The Morgan fingerprint density at radius 2 is 2.00 bits per heavy atom. The van der Waals surface area contributed by atoms with E-state index in [0.717, 1.165) is 0 Å². The number of rotatable bonds is 3. The van der Waals surface area contributed by atoms with Gasteiger partial charge in [-0.05, 0) is 13.8 Å². The van der Waals surface area contributed by atoms with Crippen LogP contribution in [-0.2, 0) is 15.2 Å². The first-order chi connectivity index (χ1) is 4.95. The molecule has 0 radical (unpaired) electrons. The highest BCUT2D eigenvalue weighted by atomic mass is 32.2. The summed E-state index contributed by atoms with van der Waals surface area (Å²) < 4.78 is 24.3. The van der Waals surface area contributed by atoms with Crippen molar-refractivity contribution in [3.05, 3.63) is 11.5 Å². The fraction of sp³-hybridized carbons (Fsp3) is 0.600. The molecule has 0 aromatic carbocycles. The van der Waals surface area contributed by atoms with E-state index < -0.39 is 17.0 Å². The van der Waals surface area contributed by atoms with Crippen LogP contribution in [-0.4, -0.2) is 14.5 Å². The lowest BCUT2D eigenvalue weighted by Crippen LogP contribution is -2.25. The lowest BCUT2D eigenvalue weighted by atomic mass is 10.2. The summed E-state index contributed by atoms with van der Waals surface area (Å²) >= 11 is 0. The summed E-state index contributed by atoms with van der Waals surface area (Å²) in [4.78, 5) is 0. The molecule has 0 aliphatic rings. The molecule has 0 saturated carbocycles. The van der Waals surface area contributed by atoms with Crippen LogP contribution in [0.1, 0.15) is 13.8 Å². The molecule has 0 amide bonds. The van der Waals surface area contributed by atoms with Crippen molar-refractivity contribution in [3.63, 3.8) is 0 Å². The van der Waals surface area contributed by atoms with Gasteiger partial charge in [0.25, 0.3) is 11.0 Å². The van der Waals surface area contributed by atoms with Gasteiger partial charge in [-0.2, -0.15) is 8.42 Å². The van der Waals surface area contributed by atoms with Gasteiger partial charge in [0.15, 0.2) is 0 Å². The molecule has 0 aromatic rings. The first-order valence-electron chi connectivity index (χ1n) is 2.99. The maximum absolute atomic E-state index is 10.0. The molecule has 66 valence electrons. The summed E-state index contributed by atoms with van der Waals surface area (Å²) in [6, 6.07) is -0.398. The molecular formula is C5H12N2O3S. The Morgan fingerprint density at radius 1 is 1.55 bits per heavy atom. The van der Waals surface area contributed by atoms with E-state index in [4.69, 9.17) is 11.5 Å². The van der Waals surface area contributed by atoms with Crippen LogP contribution in [0.4, 0.5) is 0 Å². The van der Waals surface area contributed by atoms with Gasteiger partial charge in [0.1, 0.15) is 5.76 Å². The van der Waals surface area contributed by atoms with Crippen molar-refractivity contribution in [2.24, 2.45) is 11.5 Å². The Bertz CT molecular complexity index is 224. The Kier molecular flexibility index (Phi) is 3.91. The molecule has 0 heterocycles. The minimum atomic E-state index is -2.89. The summed E-state index contributed by atoms with van der Waals surface area (Å²) in [5.74, 6) is 0.135. The molecule has 5 nitrogen and oxygen atoms in total. The molecule has 4 N–H and O–H groups in total. The number of allylic oxidation sites excluding steroid dienone is 1. The maximum atomic E-state index is 10.0. The Morgan fingerprint density at radius 3 is 2.27 bits per heavy atom. The highest BCUT2D eigenvalue weighted by Crippen LogP contribution is 2.02. The number of nitrogens with two attached hydrogens (primary N) is 2. The summed E-state index contributed by atoms with van der Waals surface area (Å²) in [5.41, 5.74) is 11.0. The van der Waals surface area contributed by atoms with Gasteiger partial charge in [-0.3, -0.25) is 0 Å². The summed E-state index contributed by atoms with van der Waals surface area (Å²) in [7, 11) is -2.89. The van der Waals surface area contributed by atoms with E-state index in [2.05, 4.69) is 4.18 Å². The molecule has 1 atom stereocenters. The van der Waals surface area contributed by atoms with E-state index in [1.54, 1.807) is 6.92 Å². The number of hydrogen-bond donors (Lipinski definition) is 3. The summed E-state index contributed by atoms with van der Waals surface area (Å²) in [6.45, 7) is 3.09. The van der Waals surface area contributed by atoms with Crippen molar-refractivity contribution in [2.45, 2.75) is 19.9 Å². The van der Waals surface area contributed by atoms with E-state index in [1.807, 2.05) is 0 Å². The second kappa shape index (κ2) is 4.20. The van der Waals surface area contributed by atoms with Crippen LogP contribution in [0.2, 0.25) is 0 Å². The van der Waals surface area contributed by atoms with E-state index in [1.165, 1.54) is 6.92 Å². The first-order valence-corrected chi connectivity index (χ1v) is 4.09. The summed E-state index contributed by atoms with van der Waals surface area (Å²) in [5, 5.41) is 0. The molecule has 11 heavy (non-hydrogen) atoms. The SMILES string of the molecule is CC(O[SH](=O)=O)=C(N)C(C)N. The fourth-order valence-electron chi connectivity index (χ4n) is 0.485. The smallest absolute Gasteiger partial charge is 0.298 e. The normalized spacial score (nSPS) is 16.0. The standard InChI is InChI=1S/C5H12N2O3S/c1-3(6)5(7)4(2)10-11(8)9/h3,11H,6-7H2,1-2H3. The van der Waals surface area contributed by atoms with Crippen LogP contribution in [0, 0.1) is 0 Å². The van der Waals surface area contributed by atoms with E-state index in [-0.39, 0.29) is 11.5 Å². The molecule has 0 spiro atoms. The Labute approximate surface area is 67.2 Å². The van der Waals surface area contributed by atoms with Crippen molar-refractivity contribution in [1.29, 1.82) is 0 Å². The van der Waals surface area contributed by atoms with E-state index in [0.29, 0.717) is 0 Å². The monoisotopic (exact) mass is 180 g/mol. The van der Waals surface area contributed by atoms with E-state index >= 15 is 0 Å². The van der Waals surface area contributed by atoms with Crippen LogP contribution in [0.5, 0.6) is 0 Å². The predicted octanol–water partition coefficient (Wildman–Crippen LogP) is -0.933. The van der Waals surface area contributed by atoms with Crippen LogP contribution in [0.3, 0.4) is 0 Å². The molecule has 0 saturated heterocycles. The molecule has 0 bridgehead atoms. The highest BCUT2D eigenvalue weighted by Gasteiger charge is 2.04. The fourth-order valence-corrected chi connectivity index (χ4v) is 0.814. The number of hydrogen-bond acceptors (Lipinski definition) is 5. The lowest BCUT2D eigenvalue weighted by Gasteiger charge is -2.07. The van der Waals surface area contributed by atoms with Gasteiger partial charge < -0.3 is 15.7 Å². The Balaban J connectivity index is 4.40. The van der Waals surface area contributed by atoms with Crippen LogP contribution >= 0.6 is 0 Å². The highest BCUT2D eigenvalue weighted by molar-refractivity contribution is 7.67. The second-order valence-electron chi connectivity index (χ2n) is 2.12. The third-order valence-corrected chi connectivity index (χ3v) is 1.53. The van der Waals surface area contributed by atoms with Gasteiger partial charge in [0.05, 0.1) is 5.70 Å². The summed E-state index contributed by atoms with van der Waals surface area (Å²) in [6.07, 6.45) is 0. The molecule has 0 fully saturated rings. The number of thiol groups is 1. The van der Waals surface area contributed by atoms with Crippen molar-refractivity contribution >= 4 is 11.0 Å². The van der Waals surface area contributed by atoms with Gasteiger partial charge in [-0.15, -0.1) is 0 Å². The first kappa shape index (κ1) is 10.2. The molecular weight excluding hydrogens is 168 g/mol. The minimum absolute atomic E-state index is 0.135. The molecule has 0 aliphatic heterocycles. The van der Waals surface area contributed by atoms with Gasteiger partial charge in [0, 0.05) is 6.04 Å². The average molecular weight is 180 g/mol. The minimum Gasteiger partial charge on any atom is -0.398 e. The van der Waals surface area contributed by atoms with Gasteiger partial charge in [-0.25, -0.2) is 0 Å². The quantitative estimate of drug-likeness (QED) is 0.385. The third kappa shape index (κ3) is 3.84. The van der Waals surface area contributed by atoms with Gasteiger partial charge in [0.2, 0.25) is 0 Å². The Hall–Kier alpha value is -0.750. The van der Waals surface area contributed by atoms with Crippen LogP contribution in [0.15, 0.2) is 11.5 Å². The molecule has 1 unspecified atom stereocenters. The topological polar surface area (TPSA) is 95.4 Å². The molecule has 0 aromatic heterocycles. The van der Waals surface area contributed by atoms with Crippen LogP contribution < -0.4 is 11.5 Å². The van der Waals surface area contributed by atoms with Gasteiger partial charge >= 0.3 is 0 Å². The zero-order valence-electron chi connectivity index (χ0n) is 6.40. The van der Waals surface area contributed by atoms with Crippen molar-refractivity contribution in [2.75, 3.05) is 0 Å². The van der Waals surface area contributed by atoms with Gasteiger partial charge in [-0.1, -0.05) is 0 Å². The molecule has 0 rings (SSSR count). The molecule has 6 heteroatoms. The van der Waals surface area contributed by atoms with E-state index in [9.17, 15) is 8.42 Å². The largest absolute Gasteiger partial charge is 0.398 e. The lowest BCUT2D eigenvalue weighted by molar-refractivity contribution is 0.419. The third-order valence-electron chi connectivity index (χ3n) is 1.11. The zero-order chi connectivity index (χ0) is 9.02. The molecule has 0 aliphatic carbocycles. The van der Waals surface area contributed by atoms with Crippen molar-refractivity contribution in [1.82, 2.24) is 0 Å².